The summed E-state index contributed by atoms with van der Waals surface area (Å²) in [5, 5.41) is 13.4. The van der Waals surface area contributed by atoms with Gasteiger partial charge in [0.15, 0.2) is 0 Å². The maximum absolute atomic E-state index is 11.2. The van der Waals surface area contributed by atoms with Gasteiger partial charge >= 0.3 is 0 Å². The molecule has 2 aliphatic heterocycles. The number of rotatable bonds is 2. The Morgan fingerprint density at radius 3 is 2.95 bits per heavy atom. The van der Waals surface area contributed by atoms with E-state index >= 15 is 0 Å². The lowest BCUT2D eigenvalue weighted by Crippen LogP contribution is -2.53. The van der Waals surface area contributed by atoms with Crippen LogP contribution >= 0.6 is 11.3 Å². The van der Waals surface area contributed by atoms with Gasteiger partial charge in [0.25, 0.3) is 0 Å². The highest BCUT2D eigenvalue weighted by Gasteiger charge is 2.43. The third-order valence-electron chi connectivity index (χ3n) is 3.63. The topological polar surface area (TPSA) is 67.4 Å². The van der Waals surface area contributed by atoms with Gasteiger partial charge in [0.05, 0.1) is 6.54 Å². The Morgan fingerprint density at radius 2 is 2.32 bits per heavy atom. The van der Waals surface area contributed by atoms with Crippen LogP contribution in [0.4, 0.5) is 5.13 Å². The van der Waals surface area contributed by atoms with Gasteiger partial charge < -0.3 is 15.0 Å². The zero-order valence-corrected chi connectivity index (χ0v) is 12.0. The number of carbonyl (C=O) groups is 1. The van der Waals surface area contributed by atoms with E-state index in [1.54, 1.807) is 11.3 Å². The summed E-state index contributed by atoms with van der Waals surface area (Å²) in [5.41, 5.74) is -0.239. The lowest BCUT2D eigenvalue weighted by Gasteiger charge is -2.33. The van der Waals surface area contributed by atoms with Crippen LogP contribution in [-0.4, -0.2) is 47.9 Å². The zero-order chi connectivity index (χ0) is 13.5. The first-order chi connectivity index (χ1) is 9.08. The first kappa shape index (κ1) is 12.8. The van der Waals surface area contributed by atoms with Gasteiger partial charge in [0.2, 0.25) is 11.0 Å². The number of anilines is 1. The van der Waals surface area contributed by atoms with Crippen molar-refractivity contribution in [3.8, 4) is 0 Å². The van der Waals surface area contributed by atoms with E-state index < -0.39 is 0 Å². The van der Waals surface area contributed by atoms with Gasteiger partial charge in [-0.25, -0.2) is 0 Å². The summed E-state index contributed by atoms with van der Waals surface area (Å²) in [4.78, 5) is 13.4. The number of morpholine rings is 1. The molecule has 1 aromatic heterocycles. The number of ether oxygens (including phenoxy) is 1. The van der Waals surface area contributed by atoms with E-state index in [2.05, 4.69) is 34.3 Å². The van der Waals surface area contributed by atoms with Gasteiger partial charge in [-0.15, -0.1) is 10.2 Å². The van der Waals surface area contributed by atoms with Gasteiger partial charge in [-0.05, 0) is 6.42 Å². The Labute approximate surface area is 116 Å². The molecule has 0 aromatic carbocycles. The monoisotopic (exact) mass is 282 g/mol. The first-order valence-corrected chi connectivity index (χ1v) is 7.39. The van der Waals surface area contributed by atoms with Crippen LogP contribution in [0, 0.1) is 0 Å². The number of hydrogen-bond donors (Lipinski definition) is 1. The van der Waals surface area contributed by atoms with Gasteiger partial charge in [-0.1, -0.05) is 25.2 Å². The van der Waals surface area contributed by atoms with Crippen LogP contribution in [0.15, 0.2) is 0 Å². The average Bonchev–Trinajstić information content (AvgIpc) is 3.01. The van der Waals surface area contributed by atoms with Crippen LogP contribution in [0.1, 0.15) is 31.2 Å². The number of nitrogens with zero attached hydrogens (tertiary/aromatic N) is 3. The number of nitrogens with one attached hydrogen (secondary N) is 1. The molecule has 1 spiro atoms. The SMILES string of the molecule is CC(C)c1nnc(N2CCC3(CNC(=O)CO3)C2)s1. The maximum atomic E-state index is 11.2. The molecule has 0 radical (unpaired) electrons. The minimum atomic E-state index is -0.239. The van der Waals surface area contributed by atoms with Crippen LogP contribution in [0.3, 0.4) is 0 Å². The van der Waals surface area contributed by atoms with Gasteiger partial charge in [0.1, 0.15) is 17.2 Å². The molecule has 3 rings (SSSR count). The van der Waals surface area contributed by atoms with Gasteiger partial charge in [-0.3, -0.25) is 4.79 Å². The predicted molar refractivity (Wildman–Crippen MR) is 72.5 cm³/mol. The molecule has 1 amide bonds. The van der Waals surface area contributed by atoms with Crippen molar-refractivity contribution in [2.24, 2.45) is 0 Å². The standard InChI is InChI=1S/C12H18N4O2S/c1-8(2)10-14-15-11(19-10)16-4-3-12(7-16)6-13-9(17)5-18-12/h8H,3-7H2,1-2H3,(H,13,17). The van der Waals surface area contributed by atoms with E-state index in [0.717, 1.165) is 29.6 Å². The summed E-state index contributed by atoms with van der Waals surface area (Å²) >= 11 is 1.65. The highest BCUT2D eigenvalue weighted by Crippen LogP contribution is 2.33. The molecule has 6 nitrogen and oxygen atoms in total. The summed E-state index contributed by atoms with van der Waals surface area (Å²) in [7, 11) is 0. The molecule has 1 aromatic rings. The highest BCUT2D eigenvalue weighted by atomic mass is 32.1. The molecule has 2 fully saturated rings. The van der Waals surface area contributed by atoms with Crippen LogP contribution < -0.4 is 10.2 Å². The second-order valence-electron chi connectivity index (χ2n) is 5.50. The maximum Gasteiger partial charge on any atom is 0.246 e. The minimum absolute atomic E-state index is 0.0258. The van der Waals surface area contributed by atoms with Crippen LogP contribution in [0.25, 0.3) is 0 Å². The largest absolute Gasteiger partial charge is 0.361 e. The molecule has 2 aliphatic rings. The Kier molecular flexibility index (Phi) is 3.18. The highest BCUT2D eigenvalue weighted by molar-refractivity contribution is 7.15. The molecular formula is C12H18N4O2S. The van der Waals surface area contributed by atoms with E-state index in [-0.39, 0.29) is 18.1 Å². The van der Waals surface area contributed by atoms with Crippen molar-refractivity contribution in [3.63, 3.8) is 0 Å². The Balaban J connectivity index is 1.69. The summed E-state index contributed by atoms with van der Waals surface area (Å²) in [6.07, 6.45) is 0.921. The summed E-state index contributed by atoms with van der Waals surface area (Å²) in [6.45, 7) is 6.69. The molecule has 0 aliphatic carbocycles. The molecule has 1 N–H and O–H groups in total. The molecular weight excluding hydrogens is 264 g/mol. The van der Waals surface area contributed by atoms with E-state index in [4.69, 9.17) is 4.74 Å². The molecule has 19 heavy (non-hydrogen) atoms. The first-order valence-electron chi connectivity index (χ1n) is 6.57. The predicted octanol–water partition coefficient (Wildman–Crippen LogP) is 0.757. The summed E-state index contributed by atoms with van der Waals surface area (Å²) in [5.74, 6) is 0.384. The quantitative estimate of drug-likeness (QED) is 0.867. The Morgan fingerprint density at radius 1 is 1.47 bits per heavy atom. The second kappa shape index (κ2) is 4.72. The lowest BCUT2D eigenvalue weighted by atomic mass is 10.0. The molecule has 3 heterocycles. The molecule has 1 unspecified atom stereocenters. The normalized spacial score (nSPS) is 27.3. The van der Waals surface area contributed by atoms with Gasteiger partial charge in [-0.2, -0.15) is 0 Å². The van der Waals surface area contributed by atoms with Crippen LogP contribution in [0.2, 0.25) is 0 Å². The lowest BCUT2D eigenvalue weighted by molar-refractivity contribution is -0.141. The molecule has 2 saturated heterocycles. The Bertz CT molecular complexity index is 478. The number of carbonyl (C=O) groups excluding carboxylic acids is 1. The number of aromatic nitrogens is 2. The third kappa shape index (κ3) is 2.44. The molecule has 1 atom stereocenters. The Hall–Kier alpha value is -1.21. The minimum Gasteiger partial charge on any atom is -0.361 e. The second-order valence-corrected chi connectivity index (χ2v) is 6.49. The van der Waals surface area contributed by atoms with Crippen molar-refractivity contribution < 1.29 is 9.53 Å². The smallest absolute Gasteiger partial charge is 0.246 e. The fraction of sp³-hybridized carbons (Fsp3) is 0.750. The zero-order valence-electron chi connectivity index (χ0n) is 11.2. The molecule has 0 saturated carbocycles. The van der Waals surface area contributed by atoms with E-state index in [1.165, 1.54) is 0 Å². The van der Waals surface area contributed by atoms with Crippen molar-refractivity contribution in [3.05, 3.63) is 5.01 Å². The van der Waals surface area contributed by atoms with Crippen molar-refractivity contribution in [1.82, 2.24) is 15.5 Å². The summed E-state index contributed by atoms with van der Waals surface area (Å²) < 4.78 is 5.75. The van der Waals surface area contributed by atoms with E-state index in [0.29, 0.717) is 12.5 Å². The fourth-order valence-corrected chi connectivity index (χ4v) is 3.31. The fourth-order valence-electron chi connectivity index (χ4n) is 2.44. The average molecular weight is 282 g/mol. The van der Waals surface area contributed by atoms with Crippen molar-refractivity contribution in [2.75, 3.05) is 31.1 Å². The molecule has 0 bridgehead atoms. The van der Waals surface area contributed by atoms with Crippen molar-refractivity contribution in [1.29, 1.82) is 0 Å². The third-order valence-corrected chi connectivity index (χ3v) is 4.91. The van der Waals surface area contributed by atoms with Crippen molar-refractivity contribution >= 4 is 22.4 Å². The van der Waals surface area contributed by atoms with Crippen LogP contribution in [-0.2, 0) is 9.53 Å². The van der Waals surface area contributed by atoms with E-state index in [1.807, 2.05) is 0 Å². The number of amides is 1. The molecule has 104 valence electrons. The van der Waals surface area contributed by atoms with Gasteiger partial charge in [0, 0.05) is 19.0 Å². The molecule has 7 heteroatoms. The summed E-state index contributed by atoms with van der Waals surface area (Å²) in [6, 6.07) is 0. The van der Waals surface area contributed by atoms with E-state index in [9.17, 15) is 4.79 Å². The van der Waals surface area contributed by atoms with Crippen LogP contribution in [0.5, 0.6) is 0 Å². The van der Waals surface area contributed by atoms with Crippen molar-refractivity contribution in [2.45, 2.75) is 31.8 Å². The number of hydrogen-bond acceptors (Lipinski definition) is 6.